The minimum Gasteiger partial charge on any atom is -0.396 e. The zero-order valence-corrected chi connectivity index (χ0v) is 10.2. The highest BCUT2D eigenvalue weighted by molar-refractivity contribution is 7.80. The van der Waals surface area contributed by atoms with Gasteiger partial charge in [-0.2, -0.15) is 12.6 Å². The average molecular weight is 217 g/mol. The predicted octanol–water partition coefficient (Wildman–Crippen LogP) is 1.65. The molecule has 0 spiro atoms. The molecule has 0 aromatic heterocycles. The van der Waals surface area contributed by atoms with Crippen molar-refractivity contribution in [3.8, 4) is 0 Å². The molecule has 2 nitrogen and oxygen atoms in total. The van der Waals surface area contributed by atoms with E-state index in [4.69, 9.17) is 0 Å². The Hall–Kier alpha value is 0.270. The van der Waals surface area contributed by atoms with E-state index < -0.39 is 0 Å². The number of aliphatic hydroxyl groups excluding tert-OH is 1. The molecule has 1 N–H and O–H groups in total. The van der Waals surface area contributed by atoms with Crippen molar-refractivity contribution in [2.24, 2.45) is 11.8 Å². The minimum atomic E-state index is 0.301. The number of piperidine rings is 1. The Morgan fingerprint density at radius 2 is 1.93 bits per heavy atom. The van der Waals surface area contributed by atoms with Gasteiger partial charge >= 0.3 is 0 Å². The summed E-state index contributed by atoms with van der Waals surface area (Å²) < 4.78 is 0. The van der Waals surface area contributed by atoms with Crippen LogP contribution in [0.2, 0.25) is 0 Å². The SMILES string of the molecule is CC(C)N1CCC(C(CO)CS)CC1. The van der Waals surface area contributed by atoms with Gasteiger partial charge < -0.3 is 10.0 Å². The van der Waals surface area contributed by atoms with Gasteiger partial charge in [-0.3, -0.25) is 0 Å². The fraction of sp³-hybridized carbons (Fsp3) is 1.00. The average Bonchev–Trinajstić information content (AvgIpc) is 2.20. The van der Waals surface area contributed by atoms with E-state index in [0.717, 1.165) is 5.75 Å². The fourth-order valence-corrected chi connectivity index (χ4v) is 2.68. The van der Waals surface area contributed by atoms with E-state index in [1.165, 1.54) is 25.9 Å². The van der Waals surface area contributed by atoms with Crippen LogP contribution in [0.3, 0.4) is 0 Å². The molecule has 0 amide bonds. The van der Waals surface area contributed by atoms with Crippen LogP contribution in [0.15, 0.2) is 0 Å². The molecule has 1 heterocycles. The van der Waals surface area contributed by atoms with E-state index in [-0.39, 0.29) is 0 Å². The van der Waals surface area contributed by atoms with E-state index in [0.29, 0.717) is 24.5 Å². The highest BCUT2D eigenvalue weighted by Gasteiger charge is 2.25. The number of rotatable bonds is 4. The van der Waals surface area contributed by atoms with Crippen LogP contribution >= 0.6 is 12.6 Å². The van der Waals surface area contributed by atoms with Crippen molar-refractivity contribution < 1.29 is 5.11 Å². The zero-order chi connectivity index (χ0) is 10.6. The maximum Gasteiger partial charge on any atom is 0.0469 e. The molecular formula is C11H23NOS. The highest BCUT2D eigenvalue weighted by Crippen LogP contribution is 2.26. The number of hydrogen-bond donors (Lipinski definition) is 2. The van der Waals surface area contributed by atoms with Crippen LogP contribution < -0.4 is 0 Å². The summed E-state index contributed by atoms with van der Waals surface area (Å²) in [6.07, 6.45) is 2.45. The Kier molecular flexibility index (Phi) is 5.28. The number of likely N-dealkylation sites (tertiary alicyclic amines) is 1. The number of thiol groups is 1. The molecule has 1 aliphatic rings. The van der Waals surface area contributed by atoms with Crippen LogP contribution in [0.4, 0.5) is 0 Å². The summed E-state index contributed by atoms with van der Waals surface area (Å²) in [5.41, 5.74) is 0. The first-order valence-electron chi connectivity index (χ1n) is 5.64. The third-order valence-corrected chi connectivity index (χ3v) is 3.91. The molecule has 1 aliphatic heterocycles. The first kappa shape index (κ1) is 12.3. The molecule has 1 rings (SSSR count). The summed E-state index contributed by atoms with van der Waals surface area (Å²) in [4.78, 5) is 2.52. The Morgan fingerprint density at radius 3 is 2.29 bits per heavy atom. The van der Waals surface area contributed by atoms with Gasteiger partial charge in [-0.1, -0.05) is 0 Å². The predicted molar refractivity (Wildman–Crippen MR) is 63.9 cm³/mol. The molecule has 1 fully saturated rings. The lowest BCUT2D eigenvalue weighted by molar-refractivity contribution is 0.101. The van der Waals surface area contributed by atoms with Crippen molar-refractivity contribution in [3.63, 3.8) is 0 Å². The monoisotopic (exact) mass is 217 g/mol. The minimum absolute atomic E-state index is 0.301. The van der Waals surface area contributed by atoms with Gasteiger partial charge in [0.1, 0.15) is 0 Å². The van der Waals surface area contributed by atoms with Crippen LogP contribution in [0.25, 0.3) is 0 Å². The van der Waals surface area contributed by atoms with Crippen molar-refractivity contribution in [3.05, 3.63) is 0 Å². The van der Waals surface area contributed by atoms with Gasteiger partial charge in [-0.15, -0.1) is 0 Å². The Labute approximate surface area is 93.1 Å². The molecule has 3 heteroatoms. The summed E-state index contributed by atoms with van der Waals surface area (Å²) >= 11 is 4.30. The molecule has 0 saturated carbocycles. The van der Waals surface area contributed by atoms with Crippen LogP contribution in [0.5, 0.6) is 0 Å². The Morgan fingerprint density at radius 1 is 1.36 bits per heavy atom. The van der Waals surface area contributed by atoms with Gasteiger partial charge in [0.05, 0.1) is 0 Å². The molecule has 1 atom stereocenters. The lowest BCUT2D eigenvalue weighted by Crippen LogP contribution is -2.40. The van der Waals surface area contributed by atoms with Gasteiger partial charge in [0.2, 0.25) is 0 Å². The third-order valence-electron chi connectivity index (χ3n) is 3.44. The highest BCUT2D eigenvalue weighted by atomic mass is 32.1. The van der Waals surface area contributed by atoms with Crippen LogP contribution in [0.1, 0.15) is 26.7 Å². The topological polar surface area (TPSA) is 23.5 Å². The second kappa shape index (κ2) is 5.99. The van der Waals surface area contributed by atoms with Crippen molar-refractivity contribution in [1.29, 1.82) is 0 Å². The lowest BCUT2D eigenvalue weighted by atomic mass is 9.85. The Bertz CT molecular complexity index is 151. The van der Waals surface area contributed by atoms with Crippen LogP contribution in [-0.4, -0.2) is 41.5 Å². The molecule has 1 unspecified atom stereocenters. The first-order valence-corrected chi connectivity index (χ1v) is 6.28. The molecular weight excluding hydrogens is 194 g/mol. The number of nitrogens with zero attached hydrogens (tertiary/aromatic N) is 1. The normalized spacial score (nSPS) is 22.9. The molecule has 84 valence electrons. The van der Waals surface area contributed by atoms with Gasteiger partial charge in [0.15, 0.2) is 0 Å². The molecule has 0 aromatic rings. The number of aliphatic hydroxyl groups is 1. The standard InChI is InChI=1S/C11H23NOS/c1-9(2)12-5-3-10(4-6-12)11(7-13)8-14/h9-11,13-14H,3-8H2,1-2H3. The van der Waals surface area contributed by atoms with E-state index in [9.17, 15) is 5.11 Å². The smallest absolute Gasteiger partial charge is 0.0469 e. The summed E-state index contributed by atoms with van der Waals surface area (Å²) in [5.74, 6) is 1.92. The Balaban J connectivity index is 2.34. The van der Waals surface area contributed by atoms with E-state index in [1.807, 2.05) is 0 Å². The molecule has 0 bridgehead atoms. The largest absolute Gasteiger partial charge is 0.396 e. The second-order valence-electron chi connectivity index (χ2n) is 4.59. The molecule has 0 aromatic carbocycles. The third kappa shape index (κ3) is 3.14. The van der Waals surface area contributed by atoms with Crippen LogP contribution in [0, 0.1) is 11.8 Å². The van der Waals surface area contributed by atoms with Gasteiger partial charge in [0.25, 0.3) is 0 Å². The van der Waals surface area contributed by atoms with E-state index >= 15 is 0 Å². The molecule has 0 radical (unpaired) electrons. The summed E-state index contributed by atoms with van der Waals surface area (Å²) in [7, 11) is 0. The second-order valence-corrected chi connectivity index (χ2v) is 4.96. The van der Waals surface area contributed by atoms with Gasteiger partial charge in [-0.25, -0.2) is 0 Å². The van der Waals surface area contributed by atoms with Crippen molar-refractivity contribution in [2.45, 2.75) is 32.7 Å². The van der Waals surface area contributed by atoms with Gasteiger partial charge in [-0.05, 0) is 57.4 Å². The fourth-order valence-electron chi connectivity index (χ4n) is 2.26. The summed E-state index contributed by atoms with van der Waals surface area (Å²) in [5, 5.41) is 9.19. The summed E-state index contributed by atoms with van der Waals surface area (Å²) in [6.45, 7) is 7.18. The number of hydrogen-bond acceptors (Lipinski definition) is 3. The van der Waals surface area contributed by atoms with Crippen molar-refractivity contribution in [2.75, 3.05) is 25.4 Å². The zero-order valence-electron chi connectivity index (χ0n) is 9.32. The maximum absolute atomic E-state index is 9.19. The maximum atomic E-state index is 9.19. The summed E-state index contributed by atoms with van der Waals surface area (Å²) in [6, 6.07) is 0.666. The van der Waals surface area contributed by atoms with Crippen molar-refractivity contribution >= 4 is 12.6 Å². The quantitative estimate of drug-likeness (QED) is 0.700. The van der Waals surface area contributed by atoms with Crippen LogP contribution in [-0.2, 0) is 0 Å². The van der Waals surface area contributed by atoms with Crippen molar-refractivity contribution in [1.82, 2.24) is 4.90 Å². The lowest BCUT2D eigenvalue weighted by Gasteiger charge is -2.37. The van der Waals surface area contributed by atoms with Gasteiger partial charge in [0, 0.05) is 12.6 Å². The molecule has 1 saturated heterocycles. The van der Waals surface area contributed by atoms with E-state index in [1.54, 1.807) is 0 Å². The first-order chi connectivity index (χ1) is 6.69. The molecule has 0 aliphatic carbocycles. The van der Waals surface area contributed by atoms with E-state index in [2.05, 4.69) is 31.4 Å². The molecule has 14 heavy (non-hydrogen) atoms.